The Morgan fingerprint density at radius 3 is 3.09 bits per heavy atom. The Balaban J connectivity index is 2.42. The predicted molar refractivity (Wildman–Crippen MR) is 48.1 cm³/mol. The second-order valence-corrected chi connectivity index (χ2v) is 3.86. The lowest BCUT2D eigenvalue weighted by Gasteiger charge is -2.11. The molecule has 0 fully saturated rings. The van der Waals surface area contributed by atoms with Crippen LogP contribution in [-0.2, 0) is 6.42 Å². The van der Waals surface area contributed by atoms with Crippen LogP contribution < -0.4 is 4.84 Å². The maximum atomic E-state index is 5.16. The predicted octanol–water partition coefficient (Wildman–Crippen LogP) is 0.300. The smallest absolute Gasteiger partial charge is 0.161 e. The molecule has 0 unspecified atom stereocenters. The number of benzene rings is 1. The van der Waals surface area contributed by atoms with E-state index in [0.717, 1.165) is 22.4 Å². The van der Waals surface area contributed by atoms with Gasteiger partial charge in [0, 0.05) is 17.3 Å². The van der Waals surface area contributed by atoms with E-state index in [1.54, 1.807) is 0 Å². The summed E-state index contributed by atoms with van der Waals surface area (Å²) in [4.78, 5) is 5.16. The molecule has 2 nitrogen and oxygen atoms in total. The van der Waals surface area contributed by atoms with Crippen LogP contribution in [0.1, 0.15) is 5.56 Å². The van der Waals surface area contributed by atoms with E-state index in [4.69, 9.17) is 4.84 Å². The van der Waals surface area contributed by atoms with Crippen molar-refractivity contribution in [3.8, 4) is 5.75 Å². The third-order valence-electron chi connectivity index (χ3n) is 1.72. The van der Waals surface area contributed by atoms with E-state index in [2.05, 4.69) is 11.2 Å². The fourth-order valence-electron chi connectivity index (χ4n) is 1.17. The first-order valence-electron chi connectivity index (χ1n) is 3.64. The molecule has 2 rings (SSSR count). The molecule has 0 aromatic heterocycles. The van der Waals surface area contributed by atoms with Gasteiger partial charge in [-0.2, -0.15) is 0 Å². The van der Waals surface area contributed by atoms with Crippen molar-refractivity contribution in [2.45, 2.75) is 6.42 Å². The zero-order chi connectivity index (χ0) is 7.68. The molecule has 0 saturated carbocycles. The van der Waals surface area contributed by atoms with Gasteiger partial charge in [0.2, 0.25) is 0 Å². The number of nitrogens with zero attached hydrogens (tertiary/aromatic N) is 1. The molecule has 1 aliphatic heterocycles. The Kier molecular flexibility index (Phi) is 1.51. The summed E-state index contributed by atoms with van der Waals surface area (Å²) < 4.78 is 0. The zero-order valence-corrected chi connectivity index (χ0v) is 8.37. The number of oxime groups is 1. The van der Waals surface area contributed by atoms with E-state index in [-0.39, 0.29) is 0 Å². The molecule has 0 N–H and O–H groups in total. The van der Waals surface area contributed by atoms with Crippen molar-refractivity contribution in [2.75, 3.05) is 0 Å². The second kappa shape index (κ2) is 2.51. The van der Waals surface area contributed by atoms with E-state index in [1.807, 2.05) is 18.2 Å². The first-order valence-corrected chi connectivity index (χ1v) is 4.64. The van der Waals surface area contributed by atoms with Crippen LogP contribution in [0.3, 0.4) is 0 Å². The average molecular weight is 163 g/mol. The first-order chi connectivity index (χ1) is 5.36. The molecule has 1 aromatic rings. The van der Waals surface area contributed by atoms with Crippen LogP contribution in [-0.4, -0.2) is 15.6 Å². The Morgan fingerprint density at radius 2 is 2.18 bits per heavy atom. The highest BCUT2D eigenvalue weighted by molar-refractivity contribution is 6.60. The maximum Gasteiger partial charge on any atom is 0.161 e. The molecule has 0 amide bonds. The number of fused-ring (bicyclic) bond motifs is 1. The summed E-state index contributed by atoms with van der Waals surface area (Å²) in [5.74, 6) is 0.909. The molecule has 0 aliphatic carbocycles. The molecule has 1 heterocycles. The summed E-state index contributed by atoms with van der Waals surface area (Å²) in [6.45, 7) is 0. The lowest BCUT2D eigenvalue weighted by atomic mass is 10.1. The topological polar surface area (TPSA) is 21.6 Å². The summed E-state index contributed by atoms with van der Waals surface area (Å²) >= 11 is 0. The summed E-state index contributed by atoms with van der Waals surface area (Å²) in [7, 11) is 0.994. The lowest BCUT2D eigenvalue weighted by molar-refractivity contribution is 0.332. The maximum absolute atomic E-state index is 5.16. The van der Waals surface area contributed by atoms with Gasteiger partial charge in [-0.1, -0.05) is 23.4 Å². The summed E-state index contributed by atoms with van der Waals surface area (Å²) in [6, 6.07) is 8.03. The van der Waals surface area contributed by atoms with Crippen molar-refractivity contribution < 1.29 is 4.84 Å². The van der Waals surface area contributed by atoms with Crippen LogP contribution in [0.5, 0.6) is 5.75 Å². The highest BCUT2D eigenvalue weighted by Gasteiger charge is 2.08. The van der Waals surface area contributed by atoms with Crippen molar-refractivity contribution in [2.24, 2.45) is 5.16 Å². The molecule has 0 radical (unpaired) electrons. The number of hydrogen-bond acceptors (Lipinski definition) is 2. The molecule has 11 heavy (non-hydrogen) atoms. The standard InChI is InChI=1S/C8H9NOSi/c11-8-5-6-3-1-2-4-7(6)10-9-8/h1-4H,5H2,11H3. The molecule has 0 spiro atoms. The minimum absolute atomic E-state index is 0.909. The van der Waals surface area contributed by atoms with E-state index >= 15 is 0 Å². The molecule has 56 valence electrons. The highest BCUT2D eigenvalue weighted by Crippen LogP contribution is 2.21. The van der Waals surface area contributed by atoms with Gasteiger partial charge < -0.3 is 4.84 Å². The number of para-hydroxylation sites is 1. The summed E-state index contributed by atoms with van der Waals surface area (Å²) in [6.07, 6.45) is 0.975. The summed E-state index contributed by atoms with van der Waals surface area (Å²) in [5, 5.41) is 5.12. The molecular formula is C8H9NOSi. The SMILES string of the molecule is [SiH3]C1=NOc2ccccc2C1. The van der Waals surface area contributed by atoms with E-state index in [0.29, 0.717) is 0 Å². The fraction of sp³-hybridized carbons (Fsp3) is 0.125. The largest absolute Gasteiger partial charge is 0.357 e. The van der Waals surface area contributed by atoms with Crippen molar-refractivity contribution in [3.63, 3.8) is 0 Å². The van der Waals surface area contributed by atoms with Crippen LogP contribution in [0.15, 0.2) is 29.4 Å². The van der Waals surface area contributed by atoms with E-state index < -0.39 is 0 Å². The summed E-state index contributed by atoms with van der Waals surface area (Å²) in [5.41, 5.74) is 1.26. The third kappa shape index (κ3) is 1.19. The van der Waals surface area contributed by atoms with Gasteiger partial charge in [0.25, 0.3) is 0 Å². The molecular weight excluding hydrogens is 154 g/mol. The van der Waals surface area contributed by atoms with Crippen LogP contribution >= 0.6 is 0 Å². The number of rotatable bonds is 0. The van der Waals surface area contributed by atoms with Gasteiger partial charge in [0.1, 0.15) is 0 Å². The highest BCUT2D eigenvalue weighted by atomic mass is 28.1. The monoisotopic (exact) mass is 163 g/mol. The van der Waals surface area contributed by atoms with Gasteiger partial charge in [-0.15, -0.1) is 0 Å². The Morgan fingerprint density at radius 1 is 1.36 bits per heavy atom. The van der Waals surface area contributed by atoms with E-state index in [1.165, 1.54) is 10.9 Å². The molecule has 0 atom stereocenters. The van der Waals surface area contributed by atoms with Gasteiger partial charge in [-0.25, -0.2) is 0 Å². The minimum atomic E-state index is 0.909. The normalized spacial score (nSPS) is 15.1. The number of hydrogen-bond donors (Lipinski definition) is 0. The van der Waals surface area contributed by atoms with Gasteiger partial charge in [0.05, 0.1) is 10.2 Å². The van der Waals surface area contributed by atoms with Crippen LogP contribution in [0.2, 0.25) is 0 Å². The van der Waals surface area contributed by atoms with Crippen molar-refractivity contribution >= 4 is 15.6 Å². The molecule has 0 saturated heterocycles. The van der Waals surface area contributed by atoms with Gasteiger partial charge in [-0.05, 0) is 6.07 Å². The quantitative estimate of drug-likeness (QED) is 0.504. The molecule has 1 aromatic carbocycles. The molecule has 3 heteroatoms. The van der Waals surface area contributed by atoms with Crippen molar-refractivity contribution in [1.82, 2.24) is 0 Å². The van der Waals surface area contributed by atoms with Gasteiger partial charge in [-0.3, -0.25) is 0 Å². The Bertz CT molecular complexity index is 309. The fourth-order valence-corrected chi connectivity index (χ4v) is 1.65. The third-order valence-corrected chi connectivity index (χ3v) is 2.25. The van der Waals surface area contributed by atoms with Crippen LogP contribution in [0.4, 0.5) is 0 Å². The van der Waals surface area contributed by atoms with Crippen LogP contribution in [0, 0.1) is 0 Å². The zero-order valence-electron chi connectivity index (χ0n) is 6.37. The van der Waals surface area contributed by atoms with Crippen LogP contribution in [0.25, 0.3) is 0 Å². The van der Waals surface area contributed by atoms with Gasteiger partial charge >= 0.3 is 0 Å². The minimum Gasteiger partial charge on any atom is -0.357 e. The molecule has 1 aliphatic rings. The average Bonchev–Trinajstić information content (AvgIpc) is 2.04. The van der Waals surface area contributed by atoms with E-state index in [9.17, 15) is 0 Å². The Labute approximate surface area is 68.3 Å². The lowest BCUT2D eigenvalue weighted by Crippen LogP contribution is -2.10. The van der Waals surface area contributed by atoms with Crippen molar-refractivity contribution in [1.29, 1.82) is 0 Å². The Hall–Kier alpha value is -1.09. The first kappa shape index (κ1) is 6.61. The van der Waals surface area contributed by atoms with Gasteiger partial charge in [0.15, 0.2) is 5.75 Å². The molecule has 0 bridgehead atoms. The second-order valence-electron chi connectivity index (χ2n) is 2.70. The van der Waals surface area contributed by atoms with Crippen molar-refractivity contribution in [3.05, 3.63) is 29.8 Å².